The molecule has 0 aromatic rings. The highest BCUT2D eigenvalue weighted by Gasteiger charge is 2.37. The Morgan fingerprint density at radius 3 is 2.45 bits per heavy atom. The topological polar surface area (TPSA) is 77.9 Å². The van der Waals surface area contributed by atoms with E-state index in [4.69, 9.17) is 5.11 Å². The van der Waals surface area contributed by atoms with E-state index in [1.807, 2.05) is 27.7 Å². The molecule has 0 aromatic carbocycles. The number of nitrogens with zero attached hydrogens (tertiary/aromatic N) is 2. The van der Waals surface area contributed by atoms with Crippen LogP contribution in [0.3, 0.4) is 0 Å². The van der Waals surface area contributed by atoms with Crippen molar-refractivity contribution in [2.24, 2.45) is 5.41 Å². The molecular weight excluding hydrogens is 304 g/mol. The molecule has 1 unspecified atom stereocenters. The maximum atomic E-state index is 12.6. The van der Waals surface area contributed by atoms with Gasteiger partial charge in [-0.15, -0.1) is 11.8 Å². The number of rotatable bonds is 6. The second-order valence-electron chi connectivity index (χ2n) is 6.68. The molecule has 0 saturated carbocycles. The fourth-order valence-corrected chi connectivity index (χ4v) is 3.49. The zero-order valence-electron chi connectivity index (χ0n) is 13.8. The van der Waals surface area contributed by atoms with Crippen LogP contribution in [0, 0.1) is 5.41 Å². The predicted octanol–water partition coefficient (Wildman–Crippen LogP) is 1.65. The molecule has 1 atom stereocenters. The lowest BCUT2D eigenvalue weighted by Crippen LogP contribution is -2.49. The Bertz CT molecular complexity index is 434. The van der Waals surface area contributed by atoms with E-state index in [0.717, 1.165) is 0 Å². The van der Waals surface area contributed by atoms with Crippen molar-refractivity contribution < 1.29 is 19.5 Å². The molecule has 1 heterocycles. The molecule has 1 fully saturated rings. The highest BCUT2D eigenvalue weighted by Crippen LogP contribution is 2.27. The fourth-order valence-electron chi connectivity index (χ4n) is 2.31. The largest absolute Gasteiger partial charge is 0.481 e. The number of carboxylic acids is 1. The van der Waals surface area contributed by atoms with Crippen LogP contribution < -0.4 is 0 Å². The van der Waals surface area contributed by atoms with Crippen molar-refractivity contribution in [1.29, 1.82) is 0 Å². The Morgan fingerprint density at radius 1 is 1.32 bits per heavy atom. The van der Waals surface area contributed by atoms with Gasteiger partial charge in [-0.3, -0.25) is 14.4 Å². The first-order chi connectivity index (χ1) is 10.2. The highest BCUT2D eigenvalue weighted by atomic mass is 32.2. The molecule has 6 nitrogen and oxygen atoms in total. The third-order valence-electron chi connectivity index (χ3n) is 3.46. The van der Waals surface area contributed by atoms with E-state index in [0.29, 0.717) is 24.6 Å². The standard InChI is InChI=1S/C15H26N2O4S/c1-5-16(7-6-13(19)20)14(21)11-9-22-10-17(11)12(18)8-15(2,3)4/h11H,5-10H2,1-4H3,(H,19,20). The summed E-state index contributed by atoms with van der Waals surface area (Å²) in [6, 6.07) is -0.464. The third kappa shape index (κ3) is 5.51. The average molecular weight is 330 g/mol. The lowest BCUT2D eigenvalue weighted by molar-refractivity contribution is -0.145. The van der Waals surface area contributed by atoms with Gasteiger partial charge in [-0.25, -0.2) is 0 Å². The summed E-state index contributed by atoms with van der Waals surface area (Å²) < 4.78 is 0. The SMILES string of the molecule is CCN(CCC(=O)O)C(=O)C1CSCN1C(=O)CC(C)(C)C. The van der Waals surface area contributed by atoms with Gasteiger partial charge >= 0.3 is 5.97 Å². The Kier molecular flexibility index (Phi) is 6.71. The summed E-state index contributed by atoms with van der Waals surface area (Å²) in [7, 11) is 0. The van der Waals surface area contributed by atoms with Gasteiger partial charge in [-0.2, -0.15) is 0 Å². The minimum atomic E-state index is -0.923. The summed E-state index contributed by atoms with van der Waals surface area (Å²) in [6.45, 7) is 8.45. The van der Waals surface area contributed by atoms with Crippen molar-refractivity contribution in [2.75, 3.05) is 24.7 Å². The lowest BCUT2D eigenvalue weighted by atomic mass is 9.91. The number of thioether (sulfide) groups is 1. The normalized spacial score (nSPS) is 18.4. The van der Waals surface area contributed by atoms with Crippen LogP contribution in [0.2, 0.25) is 0 Å². The molecule has 126 valence electrons. The van der Waals surface area contributed by atoms with Crippen LogP contribution in [0.5, 0.6) is 0 Å². The molecule has 7 heteroatoms. The van der Waals surface area contributed by atoms with E-state index in [9.17, 15) is 14.4 Å². The molecule has 1 N–H and O–H groups in total. The average Bonchev–Trinajstić information content (AvgIpc) is 2.85. The monoisotopic (exact) mass is 330 g/mol. The summed E-state index contributed by atoms with van der Waals surface area (Å²) in [5.41, 5.74) is -0.119. The van der Waals surface area contributed by atoms with Crippen LogP contribution in [-0.2, 0) is 14.4 Å². The smallest absolute Gasteiger partial charge is 0.305 e. The summed E-state index contributed by atoms with van der Waals surface area (Å²) >= 11 is 1.57. The molecule has 0 aliphatic carbocycles. The Balaban J connectivity index is 2.73. The number of aliphatic carboxylic acids is 1. The van der Waals surface area contributed by atoms with E-state index < -0.39 is 12.0 Å². The van der Waals surface area contributed by atoms with Crippen molar-refractivity contribution in [3.63, 3.8) is 0 Å². The van der Waals surface area contributed by atoms with Gasteiger partial charge in [0.05, 0.1) is 12.3 Å². The summed E-state index contributed by atoms with van der Waals surface area (Å²) in [6.07, 6.45) is 0.327. The number of amides is 2. The van der Waals surface area contributed by atoms with Crippen LogP contribution in [-0.4, -0.2) is 63.5 Å². The van der Waals surface area contributed by atoms with Gasteiger partial charge < -0.3 is 14.9 Å². The number of hydrogen-bond donors (Lipinski definition) is 1. The van der Waals surface area contributed by atoms with Crippen LogP contribution in [0.25, 0.3) is 0 Å². The molecule has 1 aliphatic heterocycles. The van der Waals surface area contributed by atoms with Crippen molar-refractivity contribution >= 4 is 29.5 Å². The zero-order chi connectivity index (χ0) is 16.9. The first-order valence-electron chi connectivity index (χ1n) is 7.53. The molecule has 0 aromatic heterocycles. The summed E-state index contributed by atoms with van der Waals surface area (Å²) in [5, 5.41) is 8.77. The van der Waals surface area contributed by atoms with E-state index in [1.54, 1.807) is 16.7 Å². The molecular formula is C15H26N2O4S. The molecule has 0 radical (unpaired) electrons. The zero-order valence-corrected chi connectivity index (χ0v) is 14.6. The quantitative estimate of drug-likeness (QED) is 0.801. The van der Waals surface area contributed by atoms with Crippen LogP contribution >= 0.6 is 11.8 Å². The van der Waals surface area contributed by atoms with Crippen molar-refractivity contribution in [1.82, 2.24) is 9.80 Å². The maximum absolute atomic E-state index is 12.6. The summed E-state index contributed by atoms with van der Waals surface area (Å²) in [5.74, 6) is 0.0361. The molecule has 2 amide bonds. The van der Waals surface area contributed by atoms with Crippen LogP contribution in [0.1, 0.15) is 40.5 Å². The van der Waals surface area contributed by atoms with Gasteiger partial charge in [0.15, 0.2) is 0 Å². The first kappa shape index (κ1) is 18.8. The minimum absolute atomic E-state index is 0.00913. The summed E-state index contributed by atoms with van der Waals surface area (Å²) in [4.78, 5) is 38.9. The molecule has 22 heavy (non-hydrogen) atoms. The van der Waals surface area contributed by atoms with Crippen molar-refractivity contribution in [2.45, 2.75) is 46.6 Å². The molecule has 1 saturated heterocycles. The Labute approximate surface area is 136 Å². The number of carbonyl (C=O) groups is 3. The minimum Gasteiger partial charge on any atom is -0.481 e. The van der Waals surface area contributed by atoms with Crippen LogP contribution in [0.15, 0.2) is 0 Å². The molecule has 0 bridgehead atoms. The van der Waals surface area contributed by atoms with E-state index >= 15 is 0 Å². The van der Waals surface area contributed by atoms with Gasteiger partial charge in [0.25, 0.3) is 0 Å². The Morgan fingerprint density at radius 2 is 1.95 bits per heavy atom. The fraction of sp³-hybridized carbons (Fsp3) is 0.800. The van der Waals surface area contributed by atoms with E-state index in [-0.39, 0.29) is 30.2 Å². The third-order valence-corrected chi connectivity index (χ3v) is 4.47. The van der Waals surface area contributed by atoms with E-state index in [2.05, 4.69) is 0 Å². The molecule has 1 rings (SSSR count). The predicted molar refractivity (Wildman–Crippen MR) is 86.5 cm³/mol. The van der Waals surface area contributed by atoms with Gasteiger partial charge in [-0.05, 0) is 12.3 Å². The lowest BCUT2D eigenvalue weighted by Gasteiger charge is -2.30. The van der Waals surface area contributed by atoms with Gasteiger partial charge in [-0.1, -0.05) is 20.8 Å². The number of hydrogen-bond acceptors (Lipinski definition) is 4. The van der Waals surface area contributed by atoms with Crippen LogP contribution in [0.4, 0.5) is 0 Å². The highest BCUT2D eigenvalue weighted by molar-refractivity contribution is 7.99. The van der Waals surface area contributed by atoms with E-state index in [1.165, 1.54) is 4.90 Å². The molecule has 1 aliphatic rings. The van der Waals surface area contributed by atoms with Gasteiger partial charge in [0.1, 0.15) is 6.04 Å². The Hall–Kier alpha value is -1.24. The first-order valence-corrected chi connectivity index (χ1v) is 8.69. The van der Waals surface area contributed by atoms with Crippen molar-refractivity contribution in [3.05, 3.63) is 0 Å². The maximum Gasteiger partial charge on any atom is 0.305 e. The second kappa shape index (κ2) is 7.85. The van der Waals surface area contributed by atoms with Crippen molar-refractivity contribution in [3.8, 4) is 0 Å². The second-order valence-corrected chi connectivity index (χ2v) is 7.68. The number of carbonyl (C=O) groups excluding carboxylic acids is 2. The van der Waals surface area contributed by atoms with Gasteiger partial charge in [0, 0.05) is 25.3 Å². The number of carboxylic acid groups (broad SMARTS) is 1. The molecule has 0 spiro atoms. The van der Waals surface area contributed by atoms with Gasteiger partial charge in [0.2, 0.25) is 11.8 Å². The number of likely N-dealkylation sites (N-methyl/N-ethyl adjacent to an activating group) is 1.